The Labute approximate surface area is 150 Å². The van der Waals surface area contributed by atoms with Crippen molar-refractivity contribution in [3.05, 3.63) is 28.0 Å². The van der Waals surface area contributed by atoms with Crippen LogP contribution in [-0.2, 0) is 23.1 Å². The Morgan fingerprint density at radius 3 is 2.72 bits per heavy atom. The van der Waals surface area contributed by atoms with Gasteiger partial charge in [-0.2, -0.15) is 5.10 Å². The minimum atomic E-state index is -0.415. The number of thiazole rings is 1. The predicted octanol–water partition coefficient (Wildman–Crippen LogP) is 1.74. The van der Waals surface area contributed by atoms with Crippen LogP contribution in [0, 0.1) is 13.8 Å². The Morgan fingerprint density at radius 1 is 1.40 bits per heavy atom. The number of aryl methyl sites for hydroxylation is 2. The van der Waals surface area contributed by atoms with Crippen LogP contribution in [0.4, 0.5) is 5.13 Å². The fourth-order valence-electron chi connectivity index (χ4n) is 2.29. The highest BCUT2D eigenvalue weighted by atomic mass is 32.1. The van der Waals surface area contributed by atoms with Crippen molar-refractivity contribution in [2.45, 2.75) is 27.3 Å². The number of anilines is 1. The van der Waals surface area contributed by atoms with Crippen molar-refractivity contribution in [2.75, 3.05) is 25.5 Å². The summed E-state index contributed by atoms with van der Waals surface area (Å²) in [6.45, 7) is 6.59. The molecule has 136 valence electrons. The summed E-state index contributed by atoms with van der Waals surface area (Å²) in [6.07, 6.45) is 1.81. The van der Waals surface area contributed by atoms with E-state index in [4.69, 9.17) is 4.74 Å². The number of rotatable bonds is 7. The van der Waals surface area contributed by atoms with Gasteiger partial charge in [0.2, 0.25) is 5.91 Å². The monoisotopic (exact) mass is 365 g/mol. The number of carbonyl (C=O) groups excluding carboxylic acids is 2. The summed E-state index contributed by atoms with van der Waals surface area (Å²) in [6, 6.07) is 0. The summed E-state index contributed by atoms with van der Waals surface area (Å²) in [5.74, 6) is -0.602. The van der Waals surface area contributed by atoms with Gasteiger partial charge in [0.15, 0.2) is 5.13 Å². The van der Waals surface area contributed by atoms with Gasteiger partial charge in [0, 0.05) is 24.8 Å². The second-order valence-electron chi connectivity index (χ2n) is 5.75. The summed E-state index contributed by atoms with van der Waals surface area (Å²) in [5.41, 5.74) is 2.70. The van der Waals surface area contributed by atoms with E-state index in [2.05, 4.69) is 15.4 Å². The average molecular weight is 365 g/mol. The topological polar surface area (TPSA) is 89.4 Å². The Kier molecular flexibility index (Phi) is 6.27. The largest absolute Gasteiger partial charge is 0.462 e. The average Bonchev–Trinajstić information content (AvgIpc) is 3.04. The van der Waals surface area contributed by atoms with Gasteiger partial charge in [-0.3, -0.25) is 14.4 Å². The maximum absolute atomic E-state index is 12.2. The Hall–Kier alpha value is -2.26. The molecule has 2 aromatic rings. The van der Waals surface area contributed by atoms with E-state index >= 15 is 0 Å². The van der Waals surface area contributed by atoms with Crippen LogP contribution in [0.3, 0.4) is 0 Å². The van der Waals surface area contributed by atoms with Crippen LogP contribution < -0.4 is 5.32 Å². The maximum atomic E-state index is 12.2. The van der Waals surface area contributed by atoms with Crippen LogP contribution in [0.5, 0.6) is 0 Å². The molecule has 0 aromatic carbocycles. The van der Waals surface area contributed by atoms with E-state index in [1.54, 1.807) is 24.7 Å². The normalized spacial score (nSPS) is 11.0. The molecule has 0 bridgehead atoms. The van der Waals surface area contributed by atoms with E-state index in [0.29, 0.717) is 28.9 Å². The summed E-state index contributed by atoms with van der Waals surface area (Å²) in [7, 11) is 3.75. The molecule has 25 heavy (non-hydrogen) atoms. The number of esters is 1. The highest BCUT2D eigenvalue weighted by Crippen LogP contribution is 2.23. The Bertz CT molecular complexity index is 768. The van der Waals surface area contributed by atoms with Crippen molar-refractivity contribution in [1.29, 1.82) is 0 Å². The first-order valence-electron chi connectivity index (χ1n) is 7.92. The smallest absolute Gasteiger partial charge is 0.350 e. The second-order valence-corrected chi connectivity index (χ2v) is 6.75. The van der Waals surface area contributed by atoms with Crippen molar-refractivity contribution in [2.24, 2.45) is 7.05 Å². The lowest BCUT2D eigenvalue weighted by Gasteiger charge is -2.15. The first-order valence-corrected chi connectivity index (χ1v) is 8.73. The molecule has 0 saturated heterocycles. The van der Waals surface area contributed by atoms with Gasteiger partial charge in [-0.05, 0) is 27.8 Å². The third-order valence-corrected chi connectivity index (χ3v) is 4.75. The molecule has 0 aliphatic carbocycles. The standard InChI is InChI=1S/C16H23N5O3S/c1-6-24-15(23)14-10(2)18-16(25-14)19-13(22)9-20(4)8-12-7-17-21(5)11(12)3/h7H,6,8-9H2,1-5H3,(H,18,19,22). The molecular formula is C16H23N5O3S. The van der Waals surface area contributed by atoms with Gasteiger partial charge in [0.05, 0.1) is 25.0 Å². The van der Waals surface area contributed by atoms with Crippen LogP contribution in [0.25, 0.3) is 0 Å². The number of aromatic nitrogens is 3. The number of likely N-dealkylation sites (N-methyl/N-ethyl adjacent to an activating group) is 1. The Morgan fingerprint density at radius 2 is 2.12 bits per heavy atom. The lowest BCUT2D eigenvalue weighted by atomic mass is 10.2. The van der Waals surface area contributed by atoms with Gasteiger partial charge in [0.25, 0.3) is 0 Å². The molecule has 0 radical (unpaired) electrons. The van der Waals surface area contributed by atoms with E-state index in [9.17, 15) is 9.59 Å². The molecule has 0 aliphatic heterocycles. The van der Waals surface area contributed by atoms with Gasteiger partial charge in [-0.15, -0.1) is 0 Å². The quantitative estimate of drug-likeness (QED) is 0.752. The van der Waals surface area contributed by atoms with E-state index in [1.807, 2.05) is 25.9 Å². The van der Waals surface area contributed by atoms with Crippen molar-refractivity contribution >= 4 is 28.3 Å². The van der Waals surface area contributed by atoms with Gasteiger partial charge < -0.3 is 10.1 Å². The number of nitrogens with one attached hydrogen (secondary N) is 1. The first kappa shape index (κ1) is 19.1. The summed E-state index contributed by atoms with van der Waals surface area (Å²) in [5, 5.41) is 7.33. The van der Waals surface area contributed by atoms with Gasteiger partial charge >= 0.3 is 5.97 Å². The van der Waals surface area contributed by atoms with Gasteiger partial charge in [-0.1, -0.05) is 11.3 Å². The van der Waals surface area contributed by atoms with E-state index in [-0.39, 0.29) is 12.5 Å². The highest BCUT2D eigenvalue weighted by Gasteiger charge is 2.18. The highest BCUT2D eigenvalue weighted by molar-refractivity contribution is 7.17. The van der Waals surface area contributed by atoms with Crippen LogP contribution >= 0.6 is 11.3 Å². The van der Waals surface area contributed by atoms with Crippen molar-refractivity contribution in [1.82, 2.24) is 19.7 Å². The summed E-state index contributed by atoms with van der Waals surface area (Å²) < 4.78 is 6.78. The molecule has 0 spiro atoms. The zero-order valence-corrected chi connectivity index (χ0v) is 15.9. The molecule has 0 saturated carbocycles. The fraction of sp³-hybridized carbons (Fsp3) is 0.500. The van der Waals surface area contributed by atoms with Crippen molar-refractivity contribution in [3.63, 3.8) is 0 Å². The lowest BCUT2D eigenvalue weighted by molar-refractivity contribution is -0.117. The number of nitrogens with zero attached hydrogens (tertiary/aromatic N) is 4. The maximum Gasteiger partial charge on any atom is 0.350 e. The van der Waals surface area contributed by atoms with Crippen LogP contribution in [-0.4, -0.2) is 51.7 Å². The third-order valence-electron chi connectivity index (χ3n) is 3.69. The second kappa shape index (κ2) is 8.21. The van der Waals surface area contributed by atoms with Crippen LogP contribution in [0.15, 0.2) is 6.20 Å². The minimum Gasteiger partial charge on any atom is -0.462 e. The molecular weight excluding hydrogens is 342 g/mol. The van der Waals surface area contributed by atoms with Crippen LogP contribution in [0.2, 0.25) is 0 Å². The molecule has 9 heteroatoms. The lowest BCUT2D eigenvalue weighted by Crippen LogP contribution is -2.29. The SMILES string of the molecule is CCOC(=O)c1sc(NC(=O)CN(C)Cc2cnn(C)c2C)nc1C. The van der Waals surface area contributed by atoms with E-state index in [0.717, 1.165) is 22.6 Å². The van der Waals surface area contributed by atoms with E-state index in [1.165, 1.54) is 0 Å². The molecule has 2 aromatic heterocycles. The fourth-order valence-corrected chi connectivity index (χ4v) is 3.16. The molecule has 0 atom stereocenters. The first-order chi connectivity index (χ1) is 11.8. The van der Waals surface area contributed by atoms with Gasteiger partial charge in [-0.25, -0.2) is 9.78 Å². The third kappa shape index (κ3) is 4.86. The van der Waals surface area contributed by atoms with Crippen molar-refractivity contribution in [3.8, 4) is 0 Å². The molecule has 8 nitrogen and oxygen atoms in total. The van der Waals surface area contributed by atoms with Crippen molar-refractivity contribution < 1.29 is 14.3 Å². The molecule has 0 fully saturated rings. The molecule has 2 heterocycles. The van der Waals surface area contributed by atoms with Gasteiger partial charge in [0.1, 0.15) is 4.88 Å². The van der Waals surface area contributed by atoms with E-state index < -0.39 is 5.97 Å². The molecule has 2 rings (SSSR count). The summed E-state index contributed by atoms with van der Waals surface area (Å²) >= 11 is 1.12. The molecule has 1 amide bonds. The number of amides is 1. The molecule has 0 unspecified atom stereocenters. The number of ether oxygens (including phenoxy) is 1. The minimum absolute atomic E-state index is 0.187. The van der Waals surface area contributed by atoms with Crippen LogP contribution in [0.1, 0.15) is 33.5 Å². The molecule has 0 aliphatic rings. The number of hydrogen-bond acceptors (Lipinski definition) is 7. The zero-order valence-electron chi connectivity index (χ0n) is 15.1. The number of carbonyl (C=O) groups is 2. The Balaban J connectivity index is 1.92. The number of hydrogen-bond donors (Lipinski definition) is 1. The predicted molar refractivity (Wildman–Crippen MR) is 95.7 cm³/mol. The summed E-state index contributed by atoms with van der Waals surface area (Å²) in [4.78, 5) is 30.5. The molecule has 1 N–H and O–H groups in total. The zero-order chi connectivity index (χ0) is 18.6.